The van der Waals surface area contributed by atoms with Crippen LogP contribution in [0.1, 0.15) is 46.5 Å². The van der Waals surface area contributed by atoms with Crippen LogP contribution in [-0.2, 0) is 9.53 Å². The first-order chi connectivity index (χ1) is 7.21. The molecule has 0 aliphatic rings. The van der Waals surface area contributed by atoms with Crippen LogP contribution in [0.4, 0.5) is 0 Å². The summed E-state index contributed by atoms with van der Waals surface area (Å²) >= 11 is 0. The van der Waals surface area contributed by atoms with Crippen molar-refractivity contribution in [3.8, 4) is 6.07 Å². The minimum absolute atomic E-state index is 0.157. The highest BCUT2D eigenvalue weighted by atomic mass is 16.5. The Morgan fingerprint density at radius 3 is 2.13 bits per heavy atom. The van der Waals surface area contributed by atoms with Gasteiger partial charge in [-0.3, -0.25) is 4.79 Å². The molecule has 0 amide bonds. The van der Waals surface area contributed by atoms with Gasteiger partial charge in [0.05, 0.1) is 12.7 Å². The fourth-order valence-electron chi connectivity index (χ4n) is 1.80. The highest BCUT2D eigenvalue weighted by Crippen LogP contribution is 2.23. The van der Waals surface area contributed by atoms with Crippen LogP contribution in [-0.4, -0.2) is 12.6 Å². The van der Waals surface area contributed by atoms with Gasteiger partial charge in [0.25, 0.3) is 0 Å². The fraction of sp³-hybridized carbons (Fsp3) is 0.833. The monoisotopic (exact) mass is 211 g/mol. The molecule has 0 radical (unpaired) electrons. The minimum Gasteiger partial charge on any atom is -0.465 e. The Hall–Kier alpha value is -1.04. The van der Waals surface area contributed by atoms with Gasteiger partial charge < -0.3 is 4.74 Å². The topological polar surface area (TPSA) is 50.1 Å². The zero-order valence-corrected chi connectivity index (χ0v) is 9.95. The first kappa shape index (κ1) is 14.0. The van der Waals surface area contributed by atoms with Crippen LogP contribution < -0.4 is 0 Å². The number of nitriles is 1. The zero-order chi connectivity index (χ0) is 11.7. The van der Waals surface area contributed by atoms with Gasteiger partial charge >= 0.3 is 5.97 Å². The third-order valence-corrected chi connectivity index (χ3v) is 2.47. The summed E-state index contributed by atoms with van der Waals surface area (Å²) in [5, 5.41) is 9.00. The lowest BCUT2D eigenvalue weighted by molar-refractivity contribution is -0.147. The molecule has 0 spiro atoms. The average molecular weight is 211 g/mol. The molecule has 0 aromatic carbocycles. The fourth-order valence-corrected chi connectivity index (χ4v) is 1.80. The molecular weight excluding hydrogens is 190 g/mol. The van der Waals surface area contributed by atoms with Crippen molar-refractivity contribution >= 4 is 5.97 Å². The van der Waals surface area contributed by atoms with E-state index in [1.54, 1.807) is 6.92 Å². The number of hydrogen-bond acceptors (Lipinski definition) is 3. The molecule has 0 bridgehead atoms. The van der Waals surface area contributed by atoms with Gasteiger partial charge in [-0.2, -0.15) is 5.26 Å². The summed E-state index contributed by atoms with van der Waals surface area (Å²) in [7, 11) is 0. The number of ether oxygens (including phenoxy) is 1. The van der Waals surface area contributed by atoms with Gasteiger partial charge in [-0.05, 0) is 25.7 Å². The van der Waals surface area contributed by atoms with Gasteiger partial charge in [-0.25, -0.2) is 0 Å². The van der Waals surface area contributed by atoms with Gasteiger partial charge in [-0.1, -0.05) is 26.7 Å². The molecule has 86 valence electrons. The van der Waals surface area contributed by atoms with Crippen molar-refractivity contribution in [2.75, 3.05) is 6.61 Å². The maximum absolute atomic E-state index is 11.5. The van der Waals surface area contributed by atoms with Crippen molar-refractivity contribution < 1.29 is 9.53 Å². The molecule has 3 nitrogen and oxygen atoms in total. The van der Waals surface area contributed by atoms with E-state index in [0.29, 0.717) is 6.61 Å². The highest BCUT2D eigenvalue weighted by molar-refractivity contribution is 5.75. The molecule has 0 aliphatic heterocycles. The van der Waals surface area contributed by atoms with Crippen molar-refractivity contribution in [2.24, 2.45) is 11.8 Å². The van der Waals surface area contributed by atoms with Gasteiger partial charge in [0.2, 0.25) is 0 Å². The van der Waals surface area contributed by atoms with Crippen molar-refractivity contribution in [1.29, 1.82) is 5.26 Å². The molecule has 0 heterocycles. The second-order valence-electron chi connectivity index (χ2n) is 3.70. The van der Waals surface area contributed by atoms with E-state index in [9.17, 15) is 4.79 Å². The SMILES string of the molecule is CCCC(CCC)C(C#N)C(=O)OCC. The number of carbonyl (C=O) groups excluding carboxylic acids is 1. The Labute approximate surface area is 92.4 Å². The molecule has 15 heavy (non-hydrogen) atoms. The van der Waals surface area contributed by atoms with Crippen LogP contribution in [0.2, 0.25) is 0 Å². The lowest BCUT2D eigenvalue weighted by atomic mass is 9.86. The third kappa shape index (κ3) is 4.83. The van der Waals surface area contributed by atoms with E-state index in [2.05, 4.69) is 19.9 Å². The average Bonchev–Trinajstić information content (AvgIpc) is 2.20. The van der Waals surface area contributed by atoms with Crippen molar-refractivity contribution in [3.63, 3.8) is 0 Å². The molecule has 1 unspecified atom stereocenters. The first-order valence-electron chi connectivity index (χ1n) is 5.77. The number of carbonyl (C=O) groups is 1. The second-order valence-corrected chi connectivity index (χ2v) is 3.70. The van der Waals surface area contributed by atoms with E-state index in [4.69, 9.17) is 10.00 Å². The molecule has 0 aromatic rings. The molecule has 0 saturated heterocycles. The number of esters is 1. The van der Waals surface area contributed by atoms with Gasteiger partial charge in [0, 0.05) is 0 Å². The molecule has 0 fully saturated rings. The number of hydrogen-bond donors (Lipinski definition) is 0. The maximum atomic E-state index is 11.5. The van der Waals surface area contributed by atoms with Crippen LogP contribution in [0.5, 0.6) is 0 Å². The van der Waals surface area contributed by atoms with Crippen molar-refractivity contribution in [2.45, 2.75) is 46.5 Å². The lowest BCUT2D eigenvalue weighted by Gasteiger charge is -2.19. The molecule has 0 aromatic heterocycles. The van der Waals surface area contributed by atoms with Crippen LogP contribution in [0.15, 0.2) is 0 Å². The summed E-state index contributed by atoms with van der Waals surface area (Å²) < 4.78 is 4.91. The second kappa shape index (κ2) is 8.28. The zero-order valence-electron chi connectivity index (χ0n) is 9.95. The van der Waals surface area contributed by atoms with E-state index in [1.807, 2.05) is 0 Å². The van der Waals surface area contributed by atoms with Crippen LogP contribution >= 0.6 is 0 Å². The lowest BCUT2D eigenvalue weighted by Crippen LogP contribution is -2.24. The van der Waals surface area contributed by atoms with Gasteiger partial charge in [-0.15, -0.1) is 0 Å². The first-order valence-corrected chi connectivity index (χ1v) is 5.77. The largest absolute Gasteiger partial charge is 0.465 e. The third-order valence-electron chi connectivity index (χ3n) is 2.47. The van der Waals surface area contributed by atoms with E-state index in [-0.39, 0.29) is 11.9 Å². The number of rotatable bonds is 7. The molecule has 0 saturated carbocycles. The standard InChI is InChI=1S/C12H21NO2/c1-4-7-10(8-5-2)11(9-13)12(14)15-6-3/h10-11H,4-8H2,1-3H3. The summed E-state index contributed by atoms with van der Waals surface area (Å²) in [4.78, 5) is 11.5. The minimum atomic E-state index is -0.579. The summed E-state index contributed by atoms with van der Waals surface area (Å²) in [6, 6.07) is 2.08. The Kier molecular flexibility index (Phi) is 7.71. The Morgan fingerprint density at radius 2 is 1.80 bits per heavy atom. The highest BCUT2D eigenvalue weighted by Gasteiger charge is 2.28. The molecule has 1 atom stereocenters. The van der Waals surface area contributed by atoms with E-state index in [0.717, 1.165) is 25.7 Å². The normalized spacial score (nSPS) is 12.2. The Balaban J connectivity index is 4.44. The summed E-state index contributed by atoms with van der Waals surface area (Å²) in [5.41, 5.74) is 0. The van der Waals surface area contributed by atoms with Gasteiger partial charge in [0.1, 0.15) is 5.92 Å². The van der Waals surface area contributed by atoms with E-state index < -0.39 is 5.92 Å². The maximum Gasteiger partial charge on any atom is 0.323 e. The Morgan fingerprint density at radius 1 is 1.27 bits per heavy atom. The molecule has 0 N–H and O–H groups in total. The van der Waals surface area contributed by atoms with Gasteiger partial charge in [0.15, 0.2) is 0 Å². The van der Waals surface area contributed by atoms with E-state index in [1.165, 1.54) is 0 Å². The predicted molar refractivity (Wildman–Crippen MR) is 59.0 cm³/mol. The van der Waals surface area contributed by atoms with E-state index >= 15 is 0 Å². The van der Waals surface area contributed by atoms with Crippen LogP contribution in [0.25, 0.3) is 0 Å². The number of nitrogens with zero attached hydrogens (tertiary/aromatic N) is 1. The summed E-state index contributed by atoms with van der Waals surface area (Å²) in [6.45, 7) is 6.26. The quantitative estimate of drug-likeness (QED) is 0.608. The molecular formula is C12H21NO2. The summed E-state index contributed by atoms with van der Waals surface area (Å²) in [6.07, 6.45) is 3.85. The van der Waals surface area contributed by atoms with Crippen LogP contribution in [0, 0.1) is 23.2 Å². The smallest absolute Gasteiger partial charge is 0.323 e. The molecule has 3 heteroatoms. The van der Waals surface area contributed by atoms with Crippen molar-refractivity contribution in [3.05, 3.63) is 0 Å². The molecule has 0 rings (SSSR count). The van der Waals surface area contributed by atoms with Crippen LogP contribution in [0.3, 0.4) is 0 Å². The Bertz CT molecular complexity index is 214. The van der Waals surface area contributed by atoms with Crippen molar-refractivity contribution in [1.82, 2.24) is 0 Å². The predicted octanol–water partition coefficient (Wildman–Crippen LogP) is 2.91. The summed E-state index contributed by atoms with van der Waals surface area (Å²) in [5.74, 6) is -0.777. The molecule has 0 aliphatic carbocycles.